The molecule has 8 nitrogen and oxygen atoms in total. The van der Waals surface area contributed by atoms with Crippen molar-refractivity contribution in [3.05, 3.63) is 60.2 Å². The van der Waals surface area contributed by atoms with Gasteiger partial charge in [-0.3, -0.25) is 9.59 Å². The summed E-state index contributed by atoms with van der Waals surface area (Å²) in [4.78, 5) is 38.4. The largest absolute Gasteiger partial charge is 0.493 e. The first kappa shape index (κ1) is 25.7. The number of nitrogens with one attached hydrogen (secondary N) is 1. The van der Waals surface area contributed by atoms with Gasteiger partial charge in [0.2, 0.25) is 5.91 Å². The number of carbonyl (C=O) groups is 3. The zero-order valence-electron chi connectivity index (χ0n) is 19.1. The number of para-hydroxylation sites is 1. The van der Waals surface area contributed by atoms with Gasteiger partial charge < -0.3 is 24.4 Å². The summed E-state index contributed by atoms with van der Waals surface area (Å²) in [6, 6.07) is 13.4. The maximum Gasteiger partial charge on any atom is 0.387 e. The van der Waals surface area contributed by atoms with Crippen LogP contribution in [0.4, 0.5) is 14.5 Å². The smallest absolute Gasteiger partial charge is 0.387 e. The van der Waals surface area contributed by atoms with Crippen molar-refractivity contribution in [3.8, 4) is 11.5 Å². The van der Waals surface area contributed by atoms with Gasteiger partial charge in [0.15, 0.2) is 18.1 Å². The zero-order valence-corrected chi connectivity index (χ0v) is 19.1. The minimum Gasteiger partial charge on any atom is -0.493 e. The fraction of sp³-hybridized carbons (Fsp3) is 0.320. The number of alkyl halides is 2. The van der Waals surface area contributed by atoms with Crippen LogP contribution in [0.5, 0.6) is 11.5 Å². The Morgan fingerprint density at radius 2 is 1.80 bits per heavy atom. The number of piperidine rings is 1. The van der Waals surface area contributed by atoms with E-state index in [1.807, 2.05) is 30.3 Å². The molecule has 0 bridgehead atoms. The summed E-state index contributed by atoms with van der Waals surface area (Å²) in [5.74, 6) is -1.40. The molecule has 1 fully saturated rings. The molecule has 0 spiro atoms. The SMILES string of the molecule is COc1cc(/C=C\C(=O)OCC(=O)N2CCC(C(=O)Nc3ccccc3)CC2)ccc1OC(F)F. The highest BCUT2D eigenvalue weighted by Gasteiger charge is 2.27. The Bertz CT molecular complexity index is 1050. The van der Waals surface area contributed by atoms with Crippen LogP contribution in [0, 0.1) is 5.92 Å². The summed E-state index contributed by atoms with van der Waals surface area (Å²) < 4.78 is 39.2. The molecule has 2 aromatic rings. The lowest BCUT2D eigenvalue weighted by Gasteiger charge is -2.31. The van der Waals surface area contributed by atoms with E-state index >= 15 is 0 Å². The number of amides is 2. The van der Waals surface area contributed by atoms with Gasteiger partial charge in [0.25, 0.3) is 5.91 Å². The van der Waals surface area contributed by atoms with E-state index in [0.717, 1.165) is 11.8 Å². The van der Waals surface area contributed by atoms with Crippen molar-refractivity contribution in [1.29, 1.82) is 0 Å². The normalized spacial score (nSPS) is 14.1. The van der Waals surface area contributed by atoms with Crippen molar-refractivity contribution in [3.63, 3.8) is 0 Å². The lowest BCUT2D eigenvalue weighted by atomic mass is 9.95. The molecule has 0 aliphatic carbocycles. The molecule has 1 aliphatic heterocycles. The van der Waals surface area contributed by atoms with E-state index in [0.29, 0.717) is 31.5 Å². The molecule has 1 N–H and O–H groups in total. The molecule has 10 heteroatoms. The Hall–Kier alpha value is -3.95. The maximum absolute atomic E-state index is 12.4. The molecule has 0 saturated carbocycles. The van der Waals surface area contributed by atoms with Gasteiger partial charge in [-0.2, -0.15) is 8.78 Å². The third-order valence-corrected chi connectivity index (χ3v) is 5.41. The van der Waals surface area contributed by atoms with Crippen LogP contribution in [0.2, 0.25) is 0 Å². The predicted molar refractivity (Wildman–Crippen MR) is 124 cm³/mol. The molecule has 0 atom stereocenters. The van der Waals surface area contributed by atoms with Gasteiger partial charge in [0.1, 0.15) is 0 Å². The molecular weight excluding hydrogens is 462 g/mol. The van der Waals surface area contributed by atoms with Crippen molar-refractivity contribution in [2.45, 2.75) is 19.5 Å². The van der Waals surface area contributed by atoms with Gasteiger partial charge >= 0.3 is 12.6 Å². The summed E-state index contributed by atoms with van der Waals surface area (Å²) in [5.41, 5.74) is 1.22. The van der Waals surface area contributed by atoms with Crippen LogP contribution in [0.25, 0.3) is 6.08 Å². The number of carbonyl (C=O) groups excluding carboxylic acids is 3. The van der Waals surface area contributed by atoms with Gasteiger partial charge in [0, 0.05) is 30.8 Å². The summed E-state index contributed by atoms with van der Waals surface area (Å²) >= 11 is 0. The van der Waals surface area contributed by atoms with Crippen LogP contribution in [-0.2, 0) is 19.1 Å². The topological polar surface area (TPSA) is 94.2 Å². The van der Waals surface area contributed by atoms with Gasteiger partial charge in [0.05, 0.1) is 7.11 Å². The van der Waals surface area contributed by atoms with E-state index in [1.54, 1.807) is 4.90 Å². The first-order valence-corrected chi connectivity index (χ1v) is 11.0. The second kappa shape index (κ2) is 12.5. The van der Waals surface area contributed by atoms with Crippen LogP contribution in [0.3, 0.4) is 0 Å². The number of hydrogen-bond acceptors (Lipinski definition) is 6. The van der Waals surface area contributed by atoms with Gasteiger partial charge in [-0.25, -0.2) is 4.79 Å². The lowest BCUT2D eigenvalue weighted by Crippen LogP contribution is -2.43. The number of likely N-dealkylation sites (tertiary alicyclic amines) is 1. The van der Waals surface area contributed by atoms with E-state index in [1.165, 1.54) is 31.4 Å². The Labute approximate surface area is 201 Å². The van der Waals surface area contributed by atoms with Crippen molar-refractivity contribution >= 4 is 29.5 Å². The number of halogens is 2. The predicted octanol–water partition coefficient (Wildman–Crippen LogP) is 3.73. The van der Waals surface area contributed by atoms with Gasteiger partial charge in [-0.15, -0.1) is 0 Å². The highest BCUT2D eigenvalue weighted by atomic mass is 19.3. The standard InChI is InChI=1S/C25H26F2N2O6/c1-33-21-15-17(7-9-20(21)35-25(26)27)8-10-23(31)34-16-22(30)29-13-11-18(12-14-29)24(32)28-19-5-3-2-4-6-19/h2-10,15,18,25H,11-14,16H2,1H3,(H,28,32)/b10-8-. The van der Waals surface area contributed by atoms with Crippen molar-refractivity contribution in [2.75, 3.05) is 32.1 Å². The van der Waals surface area contributed by atoms with Gasteiger partial charge in [-0.05, 0) is 48.7 Å². The summed E-state index contributed by atoms with van der Waals surface area (Å²) in [6.45, 7) is -2.62. The quantitative estimate of drug-likeness (QED) is 0.427. The van der Waals surface area contributed by atoms with Crippen LogP contribution in [-0.4, -0.2) is 56.1 Å². The molecule has 2 amide bonds. The van der Waals surface area contributed by atoms with Crippen molar-refractivity contribution < 1.29 is 37.4 Å². The van der Waals surface area contributed by atoms with Crippen molar-refractivity contribution in [2.24, 2.45) is 5.92 Å². The molecule has 3 rings (SSSR count). The molecule has 1 heterocycles. The molecule has 0 radical (unpaired) electrons. The molecule has 186 valence electrons. The molecule has 0 unspecified atom stereocenters. The number of rotatable bonds is 9. The second-order valence-electron chi connectivity index (χ2n) is 7.74. The van der Waals surface area contributed by atoms with Crippen molar-refractivity contribution in [1.82, 2.24) is 4.90 Å². The molecule has 2 aromatic carbocycles. The number of anilines is 1. The van der Waals surface area contributed by atoms with Crippen LogP contribution < -0.4 is 14.8 Å². The average Bonchev–Trinajstić information content (AvgIpc) is 2.87. The highest BCUT2D eigenvalue weighted by Crippen LogP contribution is 2.29. The van der Waals surface area contributed by atoms with E-state index in [-0.39, 0.29) is 29.2 Å². The summed E-state index contributed by atoms with van der Waals surface area (Å²) in [7, 11) is 1.31. The third kappa shape index (κ3) is 7.80. The van der Waals surface area contributed by atoms with Crippen LogP contribution in [0.1, 0.15) is 18.4 Å². The number of ether oxygens (including phenoxy) is 3. The minimum absolute atomic E-state index is 0.0784. The van der Waals surface area contributed by atoms with E-state index in [9.17, 15) is 23.2 Å². The lowest BCUT2D eigenvalue weighted by molar-refractivity contribution is -0.149. The molecule has 35 heavy (non-hydrogen) atoms. The van der Waals surface area contributed by atoms with Crippen LogP contribution in [0.15, 0.2) is 54.6 Å². The second-order valence-corrected chi connectivity index (χ2v) is 7.74. The average molecular weight is 488 g/mol. The molecule has 1 saturated heterocycles. The van der Waals surface area contributed by atoms with E-state index in [2.05, 4.69) is 10.1 Å². The third-order valence-electron chi connectivity index (χ3n) is 5.41. The summed E-state index contributed by atoms with van der Waals surface area (Å²) in [6.07, 6.45) is 3.56. The maximum atomic E-state index is 12.4. The Balaban J connectivity index is 1.42. The highest BCUT2D eigenvalue weighted by molar-refractivity contribution is 5.93. The number of methoxy groups -OCH3 is 1. The molecular formula is C25H26F2N2O6. The Morgan fingerprint density at radius 3 is 2.46 bits per heavy atom. The minimum atomic E-state index is -2.99. The zero-order chi connectivity index (χ0) is 25.2. The monoisotopic (exact) mass is 488 g/mol. The Kier molecular flexibility index (Phi) is 9.16. The number of hydrogen-bond donors (Lipinski definition) is 1. The molecule has 1 aliphatic rings. The number of nitrogens with zero attached hydrogens (tertiary/aromatic N) is 1. The first-order chi connectivity index (χ1) is 16.9. The van der Waals surface area contributed by atoms with Gasteiger partial charge in [-0.1, -0.05) is 24.3 Å². The fourth-order valence-corrected chi connectivity index (χ4v) is 3.57. The first-order valence-electron chi connectivity index (χ1n) is 11.0. The number of benzene rings is 2. The van der Waals surface area contributed by atoms with E-state index < -0.39 is 19.2 Å². The van der Waals surface area contributed by atoms with Crippen LogP contribution >= 0.6 is 0 Å². The number of esters is 1. The fourth-order valence-electron chi connectivity index (χ4n) is 3.57. The summed E-state index contributed by atoms with van der Waals surface area (Å²) in [5, 5.41) is 2.87. The van der Waals surface area contributed by atoms with E-state index in [4.69, 9.17) is 9.47 Å². The molecule has 0 aromatic heterocycles. The Morgan fingerprint density at radius 1 is 1.09 bits per heavy atom.